The lowest BCUT2D eigenvalue weighted by Gasteiger charge is -2.47. The molecule has 2 aliphatic heterocycles. The molecular weight excluding hydrogens is 264 g/mol. The molecule has 2 saturated heterocycles. The van der Waals surface area contributed by atoms with Crippen LogP contribution >= 0.6 is 0 Å². The summed E-state index contributed by atoms with van der Waals surface area (Å²) in [6, 6.07) is 10.6. The summed E-state index contributed by atoms with van der Waals surface area (Å²) in [7, 11) is 0. The molecule has 21 heavy (non-hydrogen) atoms. The molecule has 0 spiro atoms. The van der Waals surface area contributed by atoms with Crippen LogP contribution in [0.25, 0.3) is 0 Å². The third-order valence-corrected chi connectivity index (χ3v) is 4.95. The summed E-state index contributed by atoms with van der Waals surface area (Å²) in [6.45, 7) is 5.25. The highest BCUT2D eigenvalue weighted by Gasteiger charge is 2.39. The van der Waals surface area contributed by atoms with E-state index in [1.165, 1.54) is 5.56 Å². The molecule has 2 atom stereocenters. The first-order valence-corrected chi connectivity index (χ1v) is 7.91. The largest absolute Gasteiger partial charge is 0.481 e. The van der Waals surface area contributed by atoms with Gasteiger partial charge >= 0.3 is 5.97 Å². The number of aliphatic carboxylic acids is 1. The minimum absolute atomic E-state index is 0.316. The SMILES string of the molecule is O=C(O)CCC1C2CNCC1CN(Cc1ccccc1)C2. The molecule has 2 aliphatic rings. The van der Waals surface area contributed by atoms with Gasteiger partial charge in [-0.2, -0.15) is 0 Å². The number of piperidine rings is 2. The minimum atomic E-state index is -0.659. The highest BCUT2D eigenvalue weighted by Crippen LogP contribution is 2.35. The van der Waals surface area contributed by atoms with Gasteiger partial charge in [-0.15, -0.1) is 0 Å². The fourth-order valence-electron chi connectivity index (χ4n) is 4.01. The first-order valence-electron chi connectivity index (χ1n) is 7.91. The summed E-state index contributed by atoms with van der Waals surface area (Å²) in [5.41, 5.74) is 1.37. The zero-order valence-corrected chi connectivity index (χ0v) is 12.4. The number of carboxylic acid groups (broad SMARTS) is 1. The maximum atomic E-state index is 10.8. The molecule has 2 heterocycles. The van der Waals surface area contributed by atoms with E-state index in [9.17, 15) is 4.79 Å². The number of fused-ring (bicyclic) bond motifs is 2. The number of nitrogens with one attached hydrogen (secondary N) is 1. The van der Waals surface area contributed by atoms with Crippen molar-refractivity contribution in [3.8, 4) is 0 Å². The van der Waals surface area contributed by atoms with Crippen LogP contribution in [0.5, 0.6) is 0 Å². The van der Waals surface area contributed by atoms with E-state index in [0.29, 0.717) is 24.2 Å². The van der Waals surface area contributed by atoms with E-state index in [1.54, 1.807) is 0 Å². The molecule has 0 aromatic heterocycles. The van der Waals surface area contributed by atoms with Crippen LogP contribution in [0.4, 0.5) is 0 Å². The topological polar surface area (TPSA) is 52.6 Å². The van der Waals surface area contributed by atoms with Gasteiger partial charge in [-0.3, -0.25) is 9.69 Å². The molecule has 2 unspecified atom stereocenters. The molecule has 2 N–H and O–H groups in total. The van der Waals surface area contributed by atoms with Crippen molar-refractivity contribution in [2.75, 3.05) is 26.2 Å². The van der Waals surface area contributed by atoms with E-state index in [2.05, 4.69) is 40.5 Å². The summed E-state index contributed by atoms with van der Waals surface area (Å²) in [5, 5.41) is 12.4. The lowest BCUT2D eigenvalue weighted by Crippen LogP contribution is -2.56. The second-order valence-corrected chi connectivity index (χ2v) is 6.45. The Morgan fingerprint density at radius 3 is 2.48 bits per heavy atom. The van der Waals surface area contributed by atoms with E-state index in [1.807, 2.05) is 0 Å². The smallest absolute Gasteiger partial charge is 0.303 e. The molecule has 0 radical (unpaired) electrons. The molecule has 1 aromatic carbocycles. The van der Waals surface area contributed by atoms with E-state index < -0.39 is 5.97 Å². The summed E-state index contributed by atoms with van der Waals surface area (Å²) in [5.74, 6) is 1.11. The molecule has 2 bridgehead atoms. The highest BCUT2D eigenvalue weighted by atomic mass is 16.4. The van der Waals surface area contributed by atoms with Crippen LogP contribution < -0.4 is 5.32 Å². The summed E-state index contributed by atoms with van der Waals surface area (Å²) < 4.78 is 0. The Bertz CT molecular complexity index is 463. The maximum absolute atomic E-state index is 10.8. The quantitative estimate of drug-likeness (QED) is 0.868. The molecule has 0 aliphatic carbocycles. The Balaban J connectivity index is 1.61. The van der Waals surface area contributed by atoms with Gasteiger partial charge in [-0.1, -0.05) is 30.3 Å². The zero-order valence-electron chi connectivity index (χ0n) is 12.4. The second kappa shape index (κ2) is 6.58. The summed E-state index contributed by atoms with van der Waals surface area (Å²) in [6.07, 6.45) is 1.15. The van der Waals surface area contributed by atoms with Gasteiger partial charge in [0.2, 0.25) is 0 Å². The maximum Gasteiger partial charge on any atom is 0.303 e. The fraction of sp³-hybridized carbons (Fsp3) is 0.588. The Morgan fingerprint density at radius 2 is 1.86 bits per heavy atom. The van der Waals surface area contributed by atoms with E-state index in [4.69, 9.17) is 5.11 Å². The number of carbonyl (C=O) groups is 1. The third-order valence-electron chi connectivity index (χ3n) is 4.95. The molecule has 1 aromatic rings. The molecule has 0 saturated carbocycles. The molecular formula is C17H24N2O2. The van der Waals surface area contributed by atoms with Crippen LogP contribution in [0.2, 0.25) is 0 Å². The van der Waals surface area contributed by atoms with Crippen molar-refractivity contribution < 1.29 is 9.90 Å². The van der Waals surface area contributed by atoms with Crippen LogP contribution in [0.15, 0.2) is 30.3 Å². The van der Waals surface area contributed by atoms with E-state index in [-0.39, 0.29) is 0 Å². The van der Waals surface area contributed by atoms with Crippen molar-refractivity contribution in [3.05, 3.63) is 35.9 Å². The van der Waals surface area contributed by atoms with Crippen LogP contribution in [-0.2, 0) is 11.3 Å². The number of hydrogen-bond acceptors (Lipinski definition) is 3. The Kier molecular flexibility index (Phi) is 4.56. The van der Waals surface area contributed by atoms with Crippen molar-refractivity contribution in [2.24, 2.45) is 17.8 Å². The number of hydrogen-bond donors (Lipinski definition) is 2. The molecule has 114 valence electrons. The Morgan fingerprint density at radius 1 is 1.19 bits per heavy atom. The predicted octanol–water partition coefficient (Wildman–Crippen LogP) is 1.82. The average Bonchev–Trinajstić information content (AvgIpc) is 2.46. The van der Waals surface area contributed by atoms with Crippen molar-refractivity contribution in [1.29, 1.82) is 0 Å². The Hall–Kier alpha value is -1.39. The van der Waals surface area contributed by atoms with Crippen molar-refractivity contribution in [3.63, 3.8) is 0 Å². The minimum Gasteiger partial charge on any atom is -0.481 e. The fourth-order valence-corrected chi connectivity index (χ4v) is 4.01. The summed E-state index contributed by atoms with van der Waals surface area (Å²) >= 11 is 0. The van der Waals surface area contributed by atoms with Gasteiger partial charge in [0, 0.05) is 26.1 Å². The van der Waals surface area contributed by atoms with Gasteiger partial charge in [0.25, 0.3) is 0 Å². The van der Waals surface area contributed by atoms with Crippen LogP contribution in [0.3, 0.4) is 0 Å². The second-order valence-electron chi connectivity index (χ2n) is 6.45. The molecule has 3 rings (SSSR count). The average molecular weight is 288 g/mol. The van der Waals surface area contributed by atoms with Gasteiger partial charge in [-0.05, 0) is 42.8 Å². The standard InChI is InChI=1S/C17H24N2O2/c20-17(21)7-6-16-14-8-18-9-15(16)12-19(11-14)10-13-4-2-1-3-5-13/h1-5,14-16,18H,6-12H2,(H,20,21). The number of nitrogens with zero attached hydrogens (tertiary/aromatic N) is 1. The first kappa shape index (κ1) is 14.5. The number of benzene rings is 1. The third kappa shape index (κ3) is 3.63. The lowest BCUT2D eigenvalue weighted by atomic mass is 9.72. The van der Waals surface area contributed by atoms with Gasteiger partial charge < -0.3 is 10.4 Å². The lowest BCUT2D eigenvalue weighted by molar-refractivity contribution is -0.137. The number of likely N-dealkylation sites (tertiary alicyclic amines) is 1. The molecule has 0 amide bonds. The molecule has 4 nitrogen and oxygen atoms in total. The number of carboxylic acids is 1. The number of rotatable bonds is 5. The molecule has 2 fully saturated rings. The van der Waals surface area contributed by atoms with E-state index in [0.717, 1.165) is 39.1 Å². The van der Waals surface area contributed by atoms with E-state index >= 15 is 0 Å². The molecule has 4 heteroatoms. The van der Waals surface area contributed by atoms with Gasteiger partial charge in [0.15, 0.2) is 0 Å². The van der Waals surface area contributed by atoms with Crippen LogP contribution in [0.1, 0.15) is 18.4 Å². The predicted molar refractivity (Wildman–Crippen MR) is 81.9 cm³/mol. The summed E-state index contributed by atoms with van der Waals surface area (Å²) in [4.78, 5) is 13.4. The Labute approximate surface area is 126 Å². The highest BCUT2D eigenvalue weighted by molar-refractivity contribution is 5.66. The monoisotopic (exact) mass is 288 g/mol. The van der Waals surface area contributed by atoms with Gasteiger partial charge in [0.05, 0.1) is 0 Å². The van der Waals surface area contributed by atoms with Gasteiger partial charge in [0.1, 0.15) is 0 Å². The van der Waals surface area contributed by atoms with Crippen molar-refractivity contribution in [1.82, 2.24) is 10.2 Å². The van der Waals surface area contributed by atoms with Crippen molar-refractivity contribution >= 4 is 5.97 Å². The first-order chi connectivity index (χ1) is 10.2. The van der Waals surface area contributed by atoms with Crippen LogP contribution in [0, 0.1) is 17.8 Å². The normalized spacial score (nSPS) is 29.2. The zero-order chi connectivity index (χ0) is 14.7. The van der Waals surface area contributed by atoms with Crippen LogP contribution in [-0.4, -0.2) is 42.2 Å². The van der Waals surface area contributed by atoms with Crippen molar-refractivity contribution in [2.45, 2.75) is 19.4 Å². The van der Waals surface area contributed by atoms with Gasteiger partial charge in [-0.25, -0.2) is 0 Å².